The second kappa shape index (κ2) is 9.05. The molecule has 7 heteroatoms. The molecule has 1 aromatic heterocycles. The van der Waals surface area contributed by atoms with Crippen LogP contribution in [0.4, 0.5) is 0 Å². The Labute approximate surface area is 174 Å². The Hall–Kier alpha value is -3.61. The second-order valence-corrected chi connectivity index (χ2v) is 6.83. The number of carbonyl (C=O) groups excluding carboxylic acids is 1. The molecule has 1 fully saturated rings. The maximum Gasteiger partial charge on any atom is 0.155 e. The van der Waals surface area contributed by atoms with E-state index in [-0.39, 0.29) is 11.8 Å². The number of hydrogen-bond acceptors (Lipinski definition) is 6. The van der Waals surface area contributed by atoms with Gasteiger partial charge in [-0.25, -0.2) is 0 Å². The number of nitrogens with zero attached hydrogens (tertiary/aromatic N) is 3. The van der Waals surface area contributed by atoms with Gasteiger partial charge in [0, 0.05) is 30.6 Å². The van der Waals surface area contributed by atoms with E-state index < -0.39 is 0 Å². The molecule has 0 amide bonds. The van der Waals surface area contributed by atoms with E-state index in [2.05, 4.69) is 45.3 Å². The highest BCUT2D eigenvalue weighted by Gasteiger charge is 2.39. The number of hydrogen-bond donors (Lipinski definition) is 2. The summed E-state index contributed by atoms with van der Waals surface area (Å²) in [5, 5.41) is 23.0. The molecule has 1 heterocycles. The number of allylic oxidation sites excluding steroid dienone is 1. The predicted molar refractivity (Wildman–Crippen MR) is 111 cm³/mol. The monoisotopic (exact) mass is 403 g/mol. The van der Waals surface area contributed by atoms with Crippen molar-refractivity contribution in [3.8, 4) is 17.9 Å². The third-order valence-electron chi connectivity index (χ3n) is 4.49. The smallest absolute Gasteiger partial charge is 0.155 e. The molecule has 0 aliphatic heterocycles. The fourth-order valence-electron chi connectivity index (χ4n) is 2.74. The van der Waals surface area contributed by atoms with Gasteiger partial charge in [-0.2, -0.15) is 5.26 Å². The van der Waals surface area contributed by atoms with Crippen molar-refractivity contribution in [1.82, 2.24) is 20.8 Å². The van der Waals surface area contributed by atoms with Gasteiger partial charge in [-0.05, 0) is 36.2 Å². The molecule has 144 valence electrons. The van der Waals surface area contributed by atoms with Crippen LogP contribution in [-0.4, -0.2) is 23.5 Å². The topological polar surface area (TPSA) is 90.7 Å². The van der Waals surface area contributed by atoms with Crippen molar-refractivity contribution >= 4 is 23.5 Å². The Morgan fingerprint density at radius 1 is 1.34 bits per heavy atom. The van der Waals surface area contributed by atoms with E-state index in [9.17, 15) is 4.79 Å². The van der Waals surface area contributed by atoms with Gasteiger partial charge < -0.3 is 10.6 Å². The van der Waals surface area contributed by atoms with Gasteiger partial charge in [0.2, 0.25) is 0 Å². The summed E-state index contributed by atoms with van der Waals surface area (Å²) >= 11 is 6.25. The molecule has 1 saturated carbocycles. The molecule has 0 spiro atoms. The van der Waals surface area contributed by atoms with Crippen molar-refractivity contribution in [3.05, 3.63) is 76.5 Å². The third kappa shape index (κ3) is 5.01. The average molecular weight is 404 g/mol. The molecule has 0 saturated heterocycles. The highest BCUT2D eigenvalue weighted by molar-refractivity contribution is 6.30. The minimum absolute atomic E-state index is 0.136. The summed E-state index contributed by atoms with van der Waals surface area (Å²) in [7, 11) is 1.72. The SMILES string of the molecule is C=C(NC)N/C=C(\C=O)c1cc(C2CC2C#Cc2cccc(C#N)c2)c(Cl)nn1. The van der Waals surface area contributed by atoms with Crippen LogP contribution in [0.3, 0.4) is 0 Å². The van der Waals surface area contributed by atoms with Crippen molar-refractivity contribution in [3.63, 3.8) is 0 Å². The number of benzene rings is 1. The first kappa shape index (κ1) is 20.1. The lowest BCUT2D eigenvalue weighted by molar-refractivity contribution is -0.103. The molecule has 2 aromatic rings. The van der Waals surface area contributed by atoms with Crippen LogP contribution >= 0.6 is 11.6 Å². The predicted octanol–water partition coefficient (Wildman–Crippen LogP) is 2.98. The number of nitrogens with one attached hydrogen (secondary N) is 2. The molecular weight excluding hydrogens is 386 g/mol. The number of rotatable bonds is 6. The Bertz CT molecular complexity index is 1090. The number of carbonyl (C=O) groups is 1. The van der Waals surface area contributed by atoms with Crippen LogP contribution in [-0.2, 0) is 4.79 Å². The first-order chi connectivity index (χ1) is 14.0. The highest BCUT2D eigenvalue weighted by atomic mass is 35.5. The Morgan fingerprint density at radius 2 is 2.14 bits per heavy atom. The van der Waals surface area contributed by atoms with Gasteiger partial charge in [0.05, 0.1) is 28.7 Å². The summed E-state index contributed by atoms with van der Waals surface area (Å²) in [6, 6.07) is 11.1. The quantitative estimate of drug-likeness (QED) is 0.437. The van der Waals surface area contributed by atoms with Crippen LogP contribution in [0.25, 0.3) is 5.57 Å². The molecule has 1 aliphatic rings. The fourth-order valence-corrected chi connectivity index (χ4v) is 2.97. The van der Waals surface area contributed by atoms with Crippen LogP contribution < -0.4 is 10.6 Å². The standard InChI is InChI=1S/C22H18ClN5O/c1-14(25-2)26-12-18(13-29)21-10-20(22(23)28-27-21)19-9-17(19)7-6-15-4-3-5-16(8-15)11-24/h3-5,8,10,12-13,17,19,25-26H,1,9H2,2H3/b18-12+. The van der Waals surface area contributed by atoms with Crippen LogP contribution in [0.5, 0.6) is 0 Å². The molecule has 6 nitrogen and oxygen atoms in total. The largest absolute Gasteiger partial charge is 0.375 e. The Balaban J connectivity index is 1.78. The zero-order chi connectivity index (χ0) is 20.8. The third-order valence-corrected chi connectivity index (χ3v) is 4.78. The van der Waals surface area contributed by atoms with E-state index in [0.29, 0.717) is 34.1 Å². The van der Waals surface area contributed by atoms with Gasteiger partial charge in [-0.3, -0.25) is 4.79 Å². The molecule has 29 heavy (non-hydrogen) atoms. The van der Waals surface area contributed by atoms with E-state index in [4.69, 9.17) is 16.9 Å². The zero-order valence-electron chi connectivity index (χ0n) is 15.7. The number of nitriles is 1. The Morgan fingerprint density at radius 3 is 2.86 bits per heavy atom. The molecular formula is C22H18ClN5O. The number of aromatic nitrogens is 2. The van der Waals surface area contributed by atoms with Gasteiger partial charge >= 0.3 is 0 Å². The summed E-state index contributed by atoms with van der Waals surface area (Å²) < 4.78 is 0. The molecule has 3 rings (SSSR count). The summed E-state index contributed by atoms with van der Waals surface area (Å²) in [6.07, 6.45) is 3.06. The highest BCUT2D eigenvalue weighted by Crippen LogP contribution is 2.49. The molecule has 0 radical (unpaired) electrons. The van der Waals surface area contributed by atoms with Gasteiger partial charge in [0.1, 0.15) is 0 Å². The zero-order valence-corrected chi connectivity index (χ0v) is 16.5. The maximum absolute atomic E-state index is 11.5. The minimum atomic E-state index is 0.136. The molecule has 0 bridgehead atoms. The summed E-state index contributed by atoms with van der Waals surface area (Å²) in [5.74, 6) is 7.16. The summed E-state index contributed by atoms with van der Waals surface area (Å²) in [6.45, 7) is 3.74. The van der Waals surface area contributed by atoms with Crippen LogP contribution in [0, 0.1) is 29.1 Å². The van der Waals surface area contributed by atoms with E-state index in [1.807, 2.05) is 12.1 Å². The summed E-state index contributed by atoms with van der Waals surface area (Å²) in [5.41, 5.74) is 2.97. The normalized spacial score (nSPS) is 17.3. The lowest BCUT2D eigenvalue weighted by atomic mass is 10.1. The first-order valence-corrected chi connectivity index (χ1v) is 9.27. The molecule has 2 atom stereocenters. The van der Waals surface area contributed by atoms with Crippen molar-refractivity contribution < 1.29 is 4.79 Å². The van der Waals surface area contributed by atoms with Crippen LogP contribution in [0.2, 0.25) is 5.15 Å². The van der Waals surface area contributed by atoms with Crippen molar-refractivity contribution in [2.75, 3.05) is 7.05 Å². The van der Waals surface area contributed by atoms with Crippen LogP contribution in [0.1, 0.15) is 34.7 Å². The van der Waals surface area contributed by atoms with E-state index in [1.54, 1.807) is 25.2 Å². The maximum atomic E-state index is 11.5. The van der Waals surface area contributed by atoms with E-state index in [1.165, 1.54) is 6.20 Å². The second-order valence-electron chi connectivity index (χ2n) is 6.48. The lowest BCUT2D eigenvalue weighted by Gasteiger charge is -2.07. The van der Waals surface area contributed by atoms with E-state index in [0.717, 1.165) is 17.5 Å². The van der Waals surface area contributed by atoms with Crippen molar-refractivity contribution in [2.24, 2.45) is 5.92 Å². The molecule has 1 aromatic carbocycles. The van der Waals surface area contributed by atoms with Crippen LogP contribution in [0.15, 0.2) is 48.9 Å². The number of aldehydes is 1. The first-order valence-electron chi connectivity index (χ1n) is 8.89. The average Bonchev–Trinajstić information content (AvgIpc) is 3.53. The summed E-state index contributed by atoms with van der Waals surface area (Å²) in [4.78, 5) is 11.5. The molecule has 2 unspecified atom stereocenters. The van der Waals surface area contributed by atoms with Crippen molar-refractivity contribution in [1.29, 1.82) is 5.26 Å². The molecule has 2 N–H and O–H groups in total. The molecule has 1 aliphatic carbocycles. The van der Waals surface area contributed by atoms with Crippen molar-refractivity contribution in [2.45, 2.75) is 12.3 Å². The van der Waals surface area contributed by atoms with Gasteiger partial charge in [-0.1, -0.05) is 36.1 Å². The van der Waals surface area contributed by atoms with E-state index >= 15 is 0 Å². The Kier molecular flexibility index (Phi) is 6.29. The fraction of sp³-hybridized carbons (Fsp3) is 0.182. The lowest BCUT2D eigenvalue weighted by Crippen LogP contribution is -2.17. The van der Waals surface area contributed by atoms with Gasteiger partial charge in [0.15, 0.2) is 11.4 Å². The minimum Gasteiger partial charge on any atom is -0.375 e. The number of halogens is 1. The van der Waals surface area contributed by atoms with Gasteiger partial charge in [0.25, 0.3) is 0 Å². The van der Waals surface area contributed by atoms with Gasteiger partial charge in [-0.15, -0.1) is 10.2 Å².